The average Bonchev–Trinajstić information content (AvgIpc) is 2.76. The fourth-order valence-electron chi connectivity index (χ4n) is 2.67. The Labute approximate surface area is 114 Å². The number of nitrogens with zero attached hydrogens (tertiary/aromatic N) is 3. The second-order valence-corrected chi connectivity index (χ2v) is 6.30. The highest BCUT2D eigenvalue weighted by atomic mass is 32.1. The van der Waals surface area contributed by atoms with E-state index in [0.717, 1.165) is 6.54 Å². The van der Waals surface area contributed by atoms with Crippen LogP contribution in [-0.4, -0.2) is 47.5 Å². The number of likely N-dealkylation sites (tertiary alicyclic amines) is 1. The molecule has 1 aliphatic rings. The van der Waals surface area contributed by atoms with Crippen LogP contribution in [0.3, 0.4) is 0 Å². The maximum absolute atomic E-state index is 5.67. The zero-order valence-electron chi connectivity index (χ0n) is 11.4. The highest BCUT2D eigenvalue weighted by Crippen LogP contribution is 2.21. The van der Waals surface area contributed by atoms with E-state index >= 15 is 0 Å². The predicted molar refractivity (Wildman–Crippen MR) is 77.7 cm³/mol. The summed E-state index contributed by atoms with van der Waals surface area (Å²) in [5, 5.41) is 0.677. The molecule has 2 rings (SSSR count). The van der Waals surface area contributed by atoms with Crippen molar-refractivity contribution in [2.24, 2.45) is 0 Å². The molecule has 1 fully saturated rings. The van der Waals surface area contributed by atoms with Crippen LogP contribution < -0.4 is 5.73 Å². The van der Waals surface area contributed by atoms with Crippen molar-refractivity contribution in [3.63, 3.8) is 0 Å². The summed E-state index contributed by atoms with van der Waals surface area (Å²) in [6, 6.07) is 0.710. The van der Waals surface area contributed by atoms with Crippen LogP contribution in [0.4, 0.5) is 5.13 Å². The summed E-state index contributed by atoms with van der Waals surface area (Å²) in [6.07, 6.45) is 5.74. The second-order valence-electron chi connectivity index (χ2n) is 5.15. The van der Waals surface area contributed by atoms with Crippen molar-refractivity contribution in [2.45, 2.75) is 38.8 Å². The minimum atomic E-state index is 0.677. The Kier molecular flexibility index (Phi) is 4.97. The van der Waals surface area contributed by atoms with E-state index < -0.39 is 0 Å². The van der Waals surface area contributed by atoms with Gasteiger partial charge >= 0.3 is 0 Å². The molecule has 2 heterocycles. The topological polar surface area (TPSA) is 45.4 Å². The molecule has 1 saturated heterocycles. The molecule has 0 spiro atoms. The highest BCUT2D eigenvalue weighted by molar-refractivity contribution is 7.15. The first kappa shape index (κ1) is 13.8. The Bertz CT molecular complexity index is 358. The van der Waals surface area contributed by atoms with E-state index in [4.69, 9.17) is 5.73 Å². The summed E-state index contributed by atoms with van der Waals surface area (Å²) in [5.41, 5.74) is 5.67. The van der Waals surface area contributed by atoms with Crippen molar-refractivity contribution in [2.75, 3.05) is 32.4 Å². The van der Waals surface area contributed by atoms with Crippen LogP contribution in [-0.2, 0) is 6.54 Å². The average molecular weight is 268 g/mol. The van der Waals surface area contributed by atoms with E-state index in [1.165, 1.54) is 43.8 Å². The van der Waals surface area contributed by atoms with Crippen LogP contribution in [0.1, 0.15) is 31.1 Å². The Morgan fingerprint density at radius 2 is 2.22 bits per heavy atom. The summed E-state index contributed by atoms with van der Waals surface area (Å²) < 4.78 is 0. The van der Waals surface area contributed by atoms with Crippen LogP contribution in [0.25, 0.3) is 0 Å². The van der Waals surface area contributed by atoms with Gasteiger partial charge in [-0.25, -0.2) is 4.98 Å². The number of hydrogen-bond donors (Lipinski definition) is 1. The first-order valence-corrected chi connectivity index (χ1v) is 7.63. The van der Waals surface area contributed by atoms with Gasteiger partial charge in [-0.15, -0.1) is 11.3 Å². The highest BCUT2D eigenvalue weighted by Gasteiger charge is 2.22. The van der Waals surface area contributed by atoms with E-state index in [1.807, 2.05) is 6.20 Å². The van der Waals surface area contributed by atoms with Gasteiger partial charge in [0.2, 0.25) is 0 Å². The number of aromatic nitrogens is 1. The minimum Gasteiger partial charge on any atom is -0.375 e. The molecule has 0 aliphatic carbocycles. The van der Waals surface area contributed by atoms with Gasteiger partial charge in [-0.05, 0) is 45.9 Å². The second kappa shape index (κ2) is 6.50. The van der Waals surface area contributed by atoms with Crippen LogP contribution in [0.5, 0.6) is 0 Å². The summed E-state index contributed by atoms with van der Waals surface area (Å²) in [7, 11) is 2.22. The van der Waals surface area contributed by atoms with E-state index in [1.54, 1.807) is 11.3 Å². The molecule has 1 aromatic rings. The van der Waals surface area contributed by atoms with Crippen LogP contribution in [0.2, 0.25) is 0 Å². The third-order valence-electron chi connectivity index (χ3n) is 3.70. The molecule has 0 aromatic carbocycles. The first-order valence-electron chi connectivity index (χ1n) is 6.81. The normalized spacial score (nSPS) is 18.6. The van der Waals surface area contributed by atoms with Gasteiger partial charge < -0.3 is 10.6 Å². The SMILES string of the molecule is CCCN1CCC(N(C)Cc2cnc(N)s2)CC1. The van der Waals surface area contributed by atoms with E-state index in [0.29, 0.717) is 11.2 Å². The molecule has 4 nitrogen and oxygen atoms in total. The monoisotopic (exact) mass is 268 g/mol. The fraction of sp³-hybridized carbons (Fsp3) is 0.769. The van der Waals surface area contributed by atoms with Crippen molar-refractivity contribution in [1.82, 2.24) is 14.8 Å². The summed E-state index contributed by atoms with van der Waals surface area (Å²) in [6.45, 7) is 6.98. The first-order chi connectivity index (χ1) is 8.69. The number of nitrogens with two attached hydrogens (primary N) is 1. The molecule has 102 valence electrons. The molecule has 2 N–H and O–H groups in total. The molecular formula is C13H24N4S. The Morgan fingerprint density at radius 1 is 1.50 bits per heavy atom. The van der Waals surface area contributed by atoms with Gasteiger partial charge in [0.05, 0.1) is 0 Å². The van der Waals surface area contributed by atoms with E-state index in [2.05, 4.69) is 28.8 Å². The zero-order chi connectivity index (χ0) is 13.0. The number of rotatable bonds is 5. The largest absolute Gasteiger partial charge is 0.375 e. The predicted octanol–water partition coefficient (Wildman–Crippen LogP) is 2.03. The van der Waals surface area contributed by atoms with Gasteiger partial charge in [-0.2, -0.15) is 0 Å². The number of piperidine rings is 1. The number of anilines is 1. The molecule has 0 unspecified atom stereocenters. The lowest BCUT2D eigenvalue weighted by molar-refractivity contribution is 0.124. The minimum absolute atomic E-state index is 0.677. The van der Waals surface area contributed by atoms with Crippen molar-refractivity contribution >= 4 is 16.5 Å². The third-order valence-corrected chi connectivity index (χ3v) is 4.51. The Balaban J connectivity index is 1.78. The Hall–Kier alpha value is -0.650. The van der Waals surface area contributed by atoms with E-state index in [-0.39, 0.29) is 0 Å². The van der Waals surface area contributed by atoms with Gasteiger partial charge in [0.15, 0.2) is 5.13 Å². The summed E-state index contributed by atoms with van der Waals surface area (Å²) in [5.74, 6) is 0. The summed E-state index contributed by atoms with van der Waals surface area (Å²) in [4.78, 5) is 10.4. The lowest BCUT2D eigenvalue weighted by Crippen LogP contribution is -2.43. The van der Waals surface area contributed by atoms with E-state index in [9.17, 15) is 0 Å². The molecule has 18 heavy (non-hydrogen) atoms. The van der Waals surface area contributed by atoms with Gasteiger partial charge in [-0.1, -0.05) is 6.92 Å². The van der Waals surface area contributed by atoms with Crippen LogP contribution >= 0.6 is 11.3 Å². The molecule has 0 atom stereocenters. The standard InChI is InChI=1S/C13H24N4S/c1-3-6-17-7-4-11(5-8-17)16(2)10-12-9-15-13(14)18-12/h9,11H,3-8,10H2,1-2H3,(H2,14,15). The number of nitrogen functional groups attached to an aromatic ring is 1. The maximum Gasteiger partial charge on any atom is 0.180 e. The maximum atomic E-state index is 5.67. The lowest BCUT2D eigenvalue weighted by Gasteiger charge is -2.36. The molecule has 0 amide bonds. The van der Waals surface area contributed by atoms with Gasteiger partial charge in [-0.3, -0.25) is 4.90 Å². The van der Waals surface area contributed by atoms with Crippen molar-refractivity contribution in [3.8, 4) is 0 Å². The molecule has 5 heteroatoms. The molecular weight excluding hydrogens is 244 g/mol. The molecule has 1 aliphatic heterocycles. The van der Waals surface area contributed by atoms with Gasteiger partial charge in [0, 0.05) is 23.7 Å². The van der Waals surface area contributed by atoms with Crippen LogP contribution in [0, 0.1) is 0 Å². The van der Waals surface area contributed by atoms with Crippen molar-refractivity contribution in [1.29, 1.82) is 0 Å². The number of thiazole rings is 1. The molecule has 0 radical (unpaired) electrons. The third kappa shape index (κ3) is 3.67. The quantitative estimate of drug-likeness (QED) is 0.887. The fourth-order valence-corrected chi connectivity index (χ4v) is 3.42. The number of hydrogen-bond acceptors (Lipinski definition) is 5. The van der Waals surface area contributed by atoms with Crippen LogP contribution in [0.15, 0.2) is 6.20 Å². The van der Waals surface area contributed by atoms with Crippen molar-refractivity contribution in [3.05, 3.63) is 11.1 Å². The zero-order valence-corrected chi connectivity index (χ0v) is 12.2. The lowest BCUT2D eigenvalue weighted by atomic mass is 10.0. The molecule has 0 bridgehead atoms. The molecule has 1 aromatic heterocycles. The molecule has 0 saturated carbocycles. The van der Waals surface area contributed by atoms with Gasteiger partial charge in [0.25, 0.3) is 0 Å². The summed E-state index contributed by atoms with van der Waals surface area (Å²) >= 11 is 1.60. The van der Waals surface area contributed by atoms with Gasteiger partial charge in [0.1, 0.15) is 0 Å². The Morgan fingerprint density at radius 3 is 2.78 bits per heavy atom. The van der Waals surface area contributed by atoms with Crippen molar-refractivity contribution < 1.29 is 0 Å². The smallest absolute Gasteiger partial charge is 0.180 e.